The number of rotatable bonds is 1. The van der Waals surface area contributed by atoms with E-state index in [0.29, 0.717) is 5.65 Å². The lowest BCUT2D eigenvalue weighted by Gasteiger charge is -2.02. The Labute approximate surface area is 117 Å². The third kappa shape index (κ3) is 1.58. The number of nitrogens with zero attached hydrogens (tertiary/aromatic N) is 3. The first-order valence-corrected chi connectivity index (χ1v) is 6.89. The highest BCUT2D eigenvalue weighted by atomic mass is 32.1. The highest BCUT2D eigenvalue weighted by Gasteiger charge is 2.07. The molecule has 4 aromatic rings. The Morgan fingerprint density at radius 3 is 3.00 bits per heavy atom. The molecule has 0 atom stereocenters. The van der Waals surface area contributed by atoms with Crippen molar-refractivity contribution in [2.24, 2.45) is 7.05 Å². The zero-order chi connectivity index (χ0) is 13.7. The van der Waals surface area contributed by atoms with Crippen LogP contribution in [0.1, 0.15) is 0 Å². The van der Waals surface area contributed by atoms with E-state index >= 15 is 0 Å². The fourth-order valence-electron chi connectivity index (χ4n) is 2.30. The zero-order valence-corrected chi connectivity index (χ0v) is 11.4. The van der Waals surface area contributed by atoms with Gasteiger partial charge in [0.25, 0.3) is 0 Å². The molecule has 0 unspecified atom stereocenters. The molecule has 0 spiro atoms. The van der Waals surface area contributed by atoms with Crippen LogP contribution in [0.5, 0.6) is 0 Å². The molecule has 0 saturated heterocycles. The van der Waals surface area contributed by atoms with Gasteiger partial charge in [0.15, 0.2) is 5.65 Å². The molecule has 98 valence electrons. The van der Waals surface area contributed by atoms with Gasteiger partial charge in [0.2, 0.25) is 0 Å². The molecule has 1 N–H and O–H groups in total. The van der Waals surface area contributed by atoms with Crippen molar-refractivity contribution in [3.05, 3.63) is 47.1 Å². The van der Waals surface area contributed by atoms with E-state index in [4.69, 9.17) is 0 Å². The van der Waals surface area contributed by atoms with Gasteiger partial charge >= 0.3 is 5.69 Å². The van der Waals surface area contributed by atoms with E-state index in [-0.39, 0.29) is 5.69 Å². The highest BCUT2D eigenvalue weighted by molar-refractivity contribution is 7.13. The molecule has 0 fully saturated rings. The summed E-state index contributed by atoms with van der Waals surface area (Å²) < 4.78 is 6.89. The zero-order valence-electron chi connectivity index (χ0n) is 10.6. The summed E-state index contributed by atoms with van der Waals surface area (Å²) in [7, 11) is 1.74. The van der Waals surface area contributed by atoms with Gasteiger partial charge in [-0.15, -0.1) is 0 Å². The number of aryl methyl sites for hydroxylation is 1. The van der Waals surface area contributed by atoms with Gasteiger partial charge in [-0.1, -0.05) is 12.1 Å². The maximum atomic E-state index is 11.6. The predicted molar refractivity (Wildman–Crippen MR) is 79.9 cm³/mol. The van der Waals surface area contributed by atoms with E-state index in [9.17, 15) is 4.79 Å². The van der Waals surface area contributed by atoms with E-state index in [0.717, 1.165) is 26.7 Å². The van der Waals surface area contributed by atoms with Gasteiger partial charge in [-0.05, 0) is 29.2 Å². The number of aromatic nitrogens is 4. The van der Waals surface area contributed by atoms with E-state index in [1.165, 1.54) is 11.5 Å². The van der Waals surface area contributed by atoms with Crippen molar-refractivity contribution in [2.75, 3.05) is 0 Å². The number of H-pyrrole nitrogens is 1. The number of aromatic amines is 1. The van der Waals surface area contributed by atoms with E-state index in [1.807, 2.05) is 18.3 Å². The number of nitrogens with one attached hydrogen (secondary N) is 1. The molecule has 0 aliphatic heterocycles. The summed E-state index contributed by atoms with van der Waals surface area (Å²) in [6, 6.07) is 8.17. The second kappa shape index (κ2) is 4.01. The Kier molecular flexibility index (Phi) is 2.28. The van der Waals surface area contributed by atoms with Crippen LogP contribution >= 0.6 is 11.5 Å². The molecule has 3 aromatic heterocycles. The first kappa shape index (κ1) is 11.4. The standard InChI is InChI=1S/C14H10N4OS/c1-18-11-4-10(6-15-13(11)17-14(18)19)8-2-3-9-7-16-20-12(9)5-8/h2-7H,1H3,(H,15,17,19). The summed E-state index contributed by atoms with van der Waals surface area (Å²) in [5.74, 6) is 0. The fourth-order valence-corrected chi connectivity index (χ4v) is 2.98. The van der Waals surface area contributed by atoms with Crippen LogP contribution in [-0.4, -0.2) is 18.9 Å². The number of hydrogen-bond acceptors (Lipinski definition) is 4. The van der Waals surface area contributed by atoms with Crippen LogP contribution in [-0.2, 0) is 7.05 Å². The van der Waals surface area contributed by atoms with Crippen molar-refractivity contribution >= 4 is 32.8 Å². The quantitative estimate of drug-likeness (QED) is 0.583. The normalized spacial score (nSPS) is 11.4. The molecule has 5 nitrogen and oxygen atoms in total. The topological polar surface area (TPSA) is 63.6 Å². The van der Waals surface area contributed by atoms with Crippen LogP contribution in [0.2, 0.25) is 0 Å². The van der Waals surface area contributed by atoms with Gasteiger partial charge in [0.1, 0.15) is 0 Å². The minimum Gasteiger partial charge on any atom is -0.294 e. The summed E-state index contributed by atoms with van der Waals surface area (Å²) in [5.41, 5.74) is 3.33. The number of imidazole rings is 1. The van der Waals surface area contributed by atoms with Crippen molar-refractivity contribution in [1.29, 1.82) is 0 Å². The third-order valence-corrected chi connectivity index (χ3v) is 4.21. The lowest BCUT2D eigenvalue weighted by molar-refractivity contribution is 0.891. The average molecular weight is 282 g/mol. The summed E-state index contributed by atoms with van der Waals surface area (Å²) in [6.07, 6.45) is 3.64. The molecule has 6 heteroatoms. The van der Waals surface area contributed by atoms with Crippen molar-refractivity contribution in [3.8, 4) is 11.1 Å². The van der Waals surface area contributed by atoms with Crippen molar-refractivity contribution in [3.63, 3.8) is 0 Å². The molecule has 0 amide bonds. The van der Waals surface area contributed by atoms with E-state index in [1.54, 1.807) is 17.8 Å². The van der Waals surface area contributed by atoms with Gasteiger partial charge in [0, 0.05) is 30.4 Å². The largest absolute Gasteiger partial charge is 0.327 e. The third-order valence-electron chi connectivity index (χ3n) is 3.45. The van der Waals surface area contributed by atoms with Crippen LogP contribution in [0.15, 0.2) is 41.5 Å². The van der Waals surface area contributed by atoms with Gasteiger partial charge in [-0.3, -0.25) is 9.55 Å². The molecule has 0 bridgehead atoms. The maximum absolute atomic E-state index is 11.6. The van der Waals surface area contributed by atoms with Crippen LogP contribution < -0.4 is 5.69 Å². The van der Waals surface area contributed by atoms with Crippen LogP contribution in [0, 0.1) is 0 Å². The Morgan fingerprint density at radius 1 is 1.20 bits per heavy atom. The second-order valence-corrected chi connectivity index (χ2v) is 5.49. The summed E-state index contributed by atoms with van der Waals surface area (Å²) in [4.78, 5) is 18.6. The van der Waals surface area contributed by atoms with Crippen LogP contribution in [0.4, 0.5) is 0 Å². The van der Waals surface area contributed by atoms with E-state index in [2.05, 4.69) is 26.5 Å². The molecular formula is C14H10N4OS. The van der Waals surface area contributed by atoms with Gasteiger partial charge in [0.05, 0.1) is 10.2 Å². The predicted octanol–water partition coefficient (Wildman–Crippen LogP) is 2.54. The molecule has 1 aromatic carbocycles. The van der Waals surface area contributed by atoms with Gasteiger partial charge < -0.3 is 0 Å². The Bertz CT molecular complexity index is 995. The number of fused-ring (bicyclic) bond motifs is 2. The monoisotopic (exact) mass is 282 g/mol. The van der Waals surface area contributed by atoms with Crippen LogP contribution in [0.3, 0.4) is 0 Å². The number of pyridine rings is 1. The molecular weight excluding hydrogens is 272 g/mol. The lowest BCUT2D eigenvalue weighted by Crippen LogP contribution is -2.11. The highest BCUT2D eigenvalue weighted by Crippen LogP contribution is 2.27. The molecule has 20 heavy (non-hydrogen) atoms. The number of hydrogen-bond donors (Lipinski definition) is 1. The van der Waals surface area contributed by atoms with Crippen LogP contribution in [0.25, 0.3) is 32.4 Å². The Morgan fingerprint density at radius 2 is 2.10 bits per heavy atom. The molecule has 0 saturated carbocycles. The van der Waals surface area contributed by atoms with Crippen molar-refractivity contribution in [2.45, 2.75) is 0 Å². The summed E-state index contributed by atoms with van der Waals surface area (Å²) in [6.45, 7) is 0. The van der Waals surface area contributed by atoms with Crippen molar-refractivity contribution < 1.29 is 0 Å². The molecule has 4 rings (SSSR count). The minimum atomic E-state index is -0.150. The minimum absolute atomic E-state index is 0.150. The second-order valence-electron chi connectivity index (χ2n) is 4.66. The average Bonchev–Trinajstić information content (AvgIpc) is 3.03. The Hall–Kier alpha value is -2.47. The summed E-state index contributed by atoms with van der Waals surface area (Å²) in [5, 5.41) is 1.14. The lowest BCUT2D eigenvalue weighted by atomic mass is 10.1. The fraction of sp³-hybridized carbons (Fsp3) is 0.0714. The van der Waals surface area contributed by atoms with E-state index < -0.39 is 0 Å². The maximum Gasteiger partial charge on any atom is 0.327 e. The first-order chi connectivity index (χ1) is 9.72. The smallest absolute Gasteiger partial charge is 0.294 e. The van der Waals surface area contributed by atoms with Gasteiger partial charge in [-0.25, -0.2) is 9.78 Å². The number of benzene rings is 1. The Balaban J connectivity index is 1.96. The molecule has 0 aliphatic carbocycles. The SMILES string of the molecule is Cn1c(=O)[nH]c2ncc(-c3ccc4cnsc4c3)cc21. The van der Waals surface area contributed by atoms with Crippen molar-refractivity contribution in [1.82, 2.24) is 18.9 Å². The first-order valence-electron chi connectivity index (χ1n) is 6.12. The molecule has 0 aliphatic rings. The molecule has 3 heterocycles. The summed E-state index contributed by atoms with van der Waals surface area (Å²) >= 11 is 1.48. The molecule has 0 radical (unpaired) electrons. The van der Waals surface area contributed by atoms with Gasteiger partial charge in [-0.2, -0.15) is 4.37 Å².